The Morgan fingerprint density at radius 3 is 2.87 bits per heavy atom. The fraction of sp³-hybridized carbons (Fsp3) is 0.455. The highest BCUT2D eigenvalue weighted by Crippen LogP contribution is 2.22. The van der Waals surface area contributed by atoms with Crippen LogP contribution in [-0.2, 0) is 6.54 Å². The summed E-state index contributed by atoms with van der Waals surface area (Å²) in [4.78, 5) is 0. The topological polar surface area (TPSA) is 47.3 Å². The first-order valence-electron chi connectivity index (χ1n) is 4.93. The van der Waals surface area contributed by atoms with Gasteiger partial charge in [0, 0.05) is 29.7 Å². The third-order valence-corrected chi connectivity index (χ3v) is 2.47. The Balaban J connectivity index is 2.69. The molecule has 4 heteroatoms. The molecule has 0 unspecified atom stereocenters. The number of hydrogen-bond donors (Lipinski definition) is 2. The summed E-state index contributed by atoms with van der Waals surface area (Å²) in [6.07, 6.45) is 0. The smallest absolute Gasteiger partial charge is 0.123 e. The van der Waals surface area contributed by atoms with Gasteiger partial charge in [0.25, 0.3) is 0 Å². The molecule has 84 valence electrons. The van der Waals surface area contributed by atoms with Gasteiger partial charge in [-0.25, -0.2) is 0 Å². The van der Waals surface area contributed by atoms with E-state index in [4.69, 9.17) is 22.1 Å². The number of ether oxygens (including phenoxy) is 1. The molecule has 0 aromatic heterocycles. The first kappa shape index (κ1) is 12.3. The largest absolute Gasteiger partial charge is 0.496 e. The molecular formula is C11H17ClN2O. The lowest BCUT2D eigenvalue weighted by Gasteiger charge is -2.13. The van der Waals surface area contributed by atoms with Crippen molar-refractivity contribution in [2.24, 2.45) is 5.73 Å². The van der Waals surface area contributed by atoms with E-state index in [1.165, 1.54) is 0 Å². The van der Waals surface area contributed by atoms with Crippen LogP contribution in [0.2, 0.25) is 5.02 Å². The predicted molar refractivity (Wildman–Crippen MR) is 63.4 cm³/mol. The quantitative estimate of drug-likeness (QED) is 0.808. The zero-order valence-corrected chi connectivity index (χ0v) is 9.84. The van der Waals surface area contributed by atoms with E-state index in [2.05, 4.69) is 5.32 Å². The van der Waals surface area contributed by atoms with Gasteiger partial charge in [0.2, 0.25) is 0 Å². The molecule has 0 saturated carbocycles. The van der Waals surface area contributed by atoms with Crippen LogP contribution < -0.4 is 15.8 Å². The summed E-state index contributed by atoms with van der Waals surface area (Å²) in [6.45, 7) is 3.36. The number of methoxy groups -OCH3 is 1. The minimum Gasteiger partial charge on any atom is -0.496 e. The maximum absolute atomic E-state index is 5.91. The van der Waals surface area contributed by atoms with E-state index in [1.807, 2.05) is 25.1 Å². The van der Waals surface area contributed by atoms with Crippen molar-refractivity contribution in [3.63, 3.8) is 0 Å². The molecule has 1 aromatic rings. The molecule has 1 aromatic carbocycles. The summed E-state index contributed by atoms with van der Waals surface area (Å²) in [5, 5.41) is 4.00. The first-order chi connectivity index (χ1) is 7.17. The Morgan fingerprint density at radius 1 is 1.53 bits per heavy atom. The van der Waals surface area contributed by atoms with Gasteiger partial charge in [0.1, 0.15) is 5.75 Å². The monoisotopic (exact) mass is 228 g/mol. The highest BCUT2D eigenvalue weighted by atomic mass is 35.5. The van der Waals surface area contributed by atoms with Gasteiger partial charge in [-0.2, -0.15) is 0 Å². The molecule has 0 amide bonds. The zero-order valence-electron chi connectivity index (χ0n) is 9.09. The zero-order chi connectivity index (χ0) is 11.3. The van der Waals surface area contributed by atoms with Crippen molar-refractivity contribution in [2.75, 3.05) is 13.7 Å². The fourth-order valence-corrected chi connectivity index (χ4v) is 1.45. The molecule has 3 N–H and O–H groups in total. The van der Waals surface area contributed by atoms with E-state index in [1.54, 1.807) is 7.11 Å². The minimum atomic E-state index is 0.286. The number of nitrogens with two attached hydrogens (primary N) is 1. The maximum Gasteiger partial charge on any atom is 0.123 e. The van der Waals surface area contributed by atoms with Crippen molar-refractivity contribution in [3.05, 3.63) is 28.8 Å². The van der Waals surface area contributed by atoms with Gasteiger partial charge >= 0.3 is 0 Å². The lowest BCUT2D eigenvalue weighted by molar-refractivity contribution is 0.406. The molecule has 0 heterocycles. The van der Waals surface area contributed by atoms with Crippen LogP contribution in [-0.4, -0.2) is 19.7 Å². The van der Waals surface area contributed by atoms with Crippen molar-refractivity contribution >= 4 is 11.6 Å². The van der Waals surface area contributed by atoms with E-state index in [-0.39, 0.29) is 6.04 Å². The van der Waals surface area contributed by atoms with Crippen LogP contribution in [0.4, 0.5) is 0 Å². The minimum absolute atomic E-state index is 0.286. The summed E-state index contributed by atoms with van der Waals surface area (Å²) in [6, 6.07) is 5.87. The van der Waals surface area contributed by atoms with Crippen LogP contribution in [0.15, 0.2) is 18.2 Å². The summed E-state index contributed by atoms with van der Waals surface area (Å²) in [7, 11) is 1.65. The van der Waals surface area contributed by atoms with Crippen LogP contribution >= 0.6 is 11.6 Å². The average molecular weight is 229 g/mol. The molecule has 0 radical (unpaired) electrons. The number of benzene rings is 1. The SMILES string of the molecule is COc1ccc(Cl)cc1CN[C@@H](C)CN. The van der Waals surface area contributed by atoms with Gasteiger partial charge in [-0.15, -0.1) is 0 Å². The molecule has 1 atom stereocenters. The van der Waals surface area contributed by atoms with E-state index in [0.717, 1.165) is 11.3 Å². The maximum atomic E-state index is 5.91. The summed E-state index contributed by atoms with van der Waals surface area (Å²) in [5.41, 5.74) is 6.56. The van der Waals surface area contributed by atoms with Gasteiger partial charge in [-0.3, -0.25) is 0 Å². The lowest BCUT2D eigenvalue weighted by Crippen LogP contribution is -2.32. The number of halogens is 1. The summed E-state index contributed by atoms with van der Waals surface area (Å²) >= 11 is 5.91. The normalized spacial score (nSPS) is 12.5. The molecule has 0 bridgehead atoms. The first-order valence-corrected chi connectivity index (χ1v) is 5.31. The van der Waals surface area contributed by atoms with Gasteiger partial charge in [-0.1, -0.05) is 11.6 Å². The molecule has 0 aliphatic heterocycles. The van der Waals surface area contributed by atoms with E-state index >= 15 is 0 Å². The summed E-state index contributed by atoms with van der Waals surface area (Å²) < 4.78 is 5.24. The molecular weight excluding hydrogens is 212 g/mol. The Morgan fingerprint density at radius 2 is 2.27 bits per heavy atom. The second-order valence-corrected chi connectivity index (χ2v) is 3.91. The van der Waals surface area contributed by atoms with Crippen LogP contribution in [0.5, 0.6) is 5.75 Å². The van der Waals surface area contributed by atoms with Crippen molar-refractivity contribution in [2.45, 2.75) is 19.5 Å². The number of rotatable bonds is 5. The van der Waals surface area contributed by atoms with Gasteiger partial charge < -0.3 is 15.8 Å². The highest BCUT2D eigenvalue weighted by molar-refractivity contribution is 6.30. The third-order valence-electron chi connectivity index (χ3n) is 2.24. The van der Waals surface area contributed by atoms with Crippen LogP contribution in [0.3, 0.4) is 0 Å². The third kappa shape index (κ3) is 3.70. The molecule has 3 nitrogen and oxygen atoms in total. The van der Waals surface area contributed by atoms with Crippen LogP contribution in [0.25, 0.3) is 0 Å². The van der Waals surface area contributed by atoms with Crippen molar-refractivity contribution in [1.29, 1.82) is 0 Å². The molecule has 1 rings (SSSR count). The molecule has 0 spiro atoms. The van der Waals surface area contributed by atoms with Crippen molar-refractivity contribution in [3.8, 4) is 5.75 Å². The van der Waals surface area contributed by atoms with E-state index in [9.17, 15) is 0 Å². The van der Waals surface area contributed by atoms with E-state index in [0.29, 0.717) is 18.1 Å². The van der Waals surface area contributed by atoms with Crippen LogP contribution in [0, 0.1) is 0 Å². The Kier molecular flexibility index (Phi) is 4.88. The lowest BCUT2D eigenvalue weighted by atomic mass is 10.2. The Labute approximate surface area is 95.6 Å². The second-order valence-electron chi connectivity index (χ2n) is 3.47. The molecule has 0 aliphatic rings. The molecule has 0 aliphatic carbocycles. The second kappa shape index (κ2) is 5.95. The standard InChI is InChI=1S/C11H17ClN2O/c1-8(6-13)14-7-9-5-10(12)3-4-11(9)15-2/h3-5,8,14H,6-7,13H2,1-2H3/t8-/m0/s1. The van der Waals surface area contributed by atoms with Gasteiger partial charge in [-0.05, 0) is 25.1 Å². The number of hydrogen-bond acceptors (Lipinski definition) is 3. The fourth-order valence-electron chi connectivity index (χ4n) is 1.25. The Hall–Kier alpha value is -0.770. The molecule has 0 saturated heterocycles. The highest BCUT2D eigenvalue weighted by Gasteiger charge is 2.05. The van der Waals surface area contributed by atoms with Crippen LogP contribution in [0.1, 0.15) is 12.5 Å². The van der Waals surface area contributed by atoms with Crippen molar-refractivity contribution < 1.29 is 4.74 Å². The number of nitrogens with one attached hydrogen (secondary N) is 1. The van der Waals surface area contributed by atoms with Gasteiger partial charge in [0.05, 0.1) is 7.11 Å². The average Bonchev–Trinajstić information content (AvgIpc) is 2.26. The van der Waals surface area contributed by atoms with Gasteiger partial charge in [0.15, 0.2) is 0 Å². The molecule has 15 heavy (non-hydrogen) atoms. The molecule has 0 fully saturated rings. The predicted octanol–water partition coefficient (Wildman–Crippen LogP) is 1.79. The van der Waals surface area contributed by atoms with E-state index < -0.39 is 0 Å². The van der Waals surface area contributed by atoms with Crippen molar-refractivity contribution in [1.82, 2.24) is 5.32 Å². The summed E-state index contributed by atoms with van der Waals surface area (Å²) in [5.74, 6) is 0.844. The Bertz CT molecular complexity index is 317.